The minimum atomic E-state index is -0.0185. The van der Waals surface area contributed by atoms with Gasteiger partial charge >= 0.3 is 0 Å². The highest BCUT2D eigenvalue weighted by Crippen LogP contribution is 2.26. The lowest BCUT2D eigenvalue weighted by atomic mass is 9.99. The summed E-state index contributed by atoms with van der Waals surface area (Å²) >= 11 is 1.64. The molecule has 2 aromatic heterocycles. The molecule has 2 heterocycles. The minimum absolute atomic E-state index is 0.0185. The standard InChI is InChI=1S/C19H19NO3S/c1-22-16-5-2-4-14(10-16)11-19(21)20-12-17(15-7-9-24-13-15)18-6-3-8-23-18/h2-10,13,17H,11-12H2,1H3,(H,20,21). The van der Waals surface area contributed by atoms with Crippen molar-refractivity contribution in [3.05, 3.63) is 76.4 Å². The van der Waals surface area contributed by atoms with E-state index in [-0.39, 0.29) is 11.8 Å². The molecule has 0 fully saturated rings. The smallest absolute Gasteiger partial charge is 0.224 e. The molecule has 1 amide bonds. The second-order valence-corrected chi connectivity index (χ2v) is 6.24. The van der Waals surface area contributed by atoms with Crippen molar-refractivity contribution in [2.75, 3.05) is 13.7 Å². The molecular weight excluding hydrogens is 322 g/mol. The first-order chi connectivity index (χ1) is 11.8. The molecule has 0 aliphatic carbocycles. The Balaban J connectivity index is 1.63. The number of benzene rings is 1. The van der Waals surface area contributed by atoms with Gasteiger partial charge in [0.15, 0.2) is 0 Å². The van der Waals surface area contributed by atoms with E-state index in [0.717, 1.165) is 22.6 Å². The molecule has 124 valence electrons. The highest BCUT2D eigenvalue weighted by molar-refractivity contribution is 7.08. The minimum Gasteiger partial charge on any atom is -0.497 e. The molecule has 5 heteroatoms. The van der Waals surface area contributed by atoms with Gasteiger partial charge in [-0.15, -0.1) is 0 Å². The van der Waals surface area contributed by atoms with Gasteiger partial charge in [-0.25, -0.2) is 0 Å². The van der Waals surface area contributed by atoms with Crippen molar-refractivity contribution in [2.24, 2.45) is 0 Å². The number of ether oxygens (including phenoxy) is 1. The van der Waals surface area contributed by atoms with Crippen LogP contribution in [0.25, 0.3) is 0 Å². The lowest BCUT2D eigenvalue weighted by Crippen LogP contribution is -2.29. The fourth-order valence-electron chi connectivity index (χ4n) is 2.59. The van der Waals surface area contributed by atoms with E-state index in [2.05, 4.69) is 16.8 Å². The highest BCUT2D eigenvalue weighted by Gasteiger charge is 2.18. The van der Waals surface area contributed by atoms with Crippen LogP contribution in [0.2, 0.25) is 0 Å². The van der Waals surface area contributed by atoms with Crippen LogP contribution in [0.3, 0.4) is 0 Å². The van der Waals surface area contributed by atoms with Crippen molar-refractivity contribution < 1.29 is 13.9 Å². The number of rotatable bonds is 7. The Hall–Kier alpha value is -2.53. The summed E-state index contributed by atoms with van der Waals surface area (Å²) in [6, 6.07) is 13.4. The van der Waals surface area contributed by atoms with Crippen LogP contribution < -0.4 is 10.1 Å². The zero-order chi connectivity index (χ0) is 16.8. The Labute approximate surface area is 145 Å². The predicted octanol–water partition coefficient (Wildman–Crippen LogP) is 3.84. The fourth-order valence-corrected chi connectivity index (χ4v) is 3.31. The number of carbonyl (C=O) groups is 1. The van der Waals surface area contributed by atoms with E-state index in [4.69, 9.17) is 9.15 Å². The third kappa shape index (κ3) is 4.06. The quantitative estimate of drug-likeness (QED) is 0.710. The normalized spacial score (nSPS) is 11.9. The van der Waals surface area contributed by atoms with Crippen LogP contribution in [0, 0.1) is 0 Å². The van der Waals surface area contributed by atoms with E-state index in [9.17, 15) is 4.79 Å². The van der Waals surface area contributed by atoms with Crippen LogP contribution in [0.1, 0.15) is 22.8 Å². The SMILES string of the molecule is COc1cccc(CC(=O)NCC(c2ccsc2)c2ccco2)c1. The zero-order valence-electron chi connectivity index (χ0n) is 13.4. The average molecular weight is 341 g/mol. The fraction of sp³-hybridized carbons (Fsp3) is 0.211. The Morgan fingerprint density at radius 2 is 2.21 bits per heavy atom. The van der Waals surface area contributed by atoms with Crippen LogP contribution in [0.4, 0.5) is 0 Å². The van der Waals surface area contributed by atoms with Crippen LogP contribution in [0.15, 0.2) is 63.9 Å². The lowest BCUT2D eigenvalue weighted by Gasteiger charge is -2.14. The number of thiophene rings is 1. The molecule has 1 aromatic carbocycles. The average Bonchev–Trinajstić information content (AvgIpc) is 3.29. The van der Waals surface area contributed by atoms with Crippen LogP contribution >= 0.6 is 11.3 Å². The molecule has 0 saturated carbocycles. The van der Waals surface area contributed by atoms with Gasteiger partial charge in [-0.05, 0) is 52.2 Å². The van der Waals surface area contributed by atoms with Gasteiger partial charge in [0.05, 0.1) is 25.7 Å². The summed E-state index contributed by atoms with van der Waals surface area (Å²) in [5.74, 6) is 1.62. The monoisotopic (exact) mass is 341 g/mol. The molecule has 1 unspecified atom stereocenters. The third-order valence-electron chi connectivity index (χ3n) is 3.83. The van der Waals surface area contributed by atoms with Crippen molar-refractivity contribution in [3.8, 4) is 5.75 Å². The molecular formula is C19H19NO3S. The number of hydrogen-bond acceptors (Lipinski definition) is 4. The molecule has 3 aromatic rings. The number of hydrogen-bond donors (Lipinski definition) is 1. The summed E-state index contributed by atoms with van der Waals surface area (Å²) in [7, 11) is 1.62. The maximum atomic E-state index is 12.3. The zero-order valence-corrected chi connectivity index (χ0v) is 14.2. The molecule has 0 aliphatic rings. The van der Waals surface area contributed by atoms with E-state index in [1.54, 1.807) is 24.7 Å². The van der Waals surface area contributed by atoms with Gasteiger partial charge in [-0.3, -0.25) is 4.79 Å². The summed E-state index contributed by atoms with van der Waals surface area (Å²) < 4.78 is 10.7. The van der Waals surface area contributed by atoms with E-state index < -0.39 is 0 Å². The van der Waals surface area contributed by atoms with Gasteiger partial charge in [0.1, 0.15) is 11.5 Å². The van der Waals surface area contributed by atoms with Gasteiger partial charge in [-0.2, -0.15) is 11.3 Å². The van der Waals surface area contributed by atoms with Crippen molar-refractivity contribution >= 4 is 17.2 Å². The van der Waals surface area contributed by atoms with Crippen molar-refractivity contribution in [1.29, 1.82) is 0 Å². The van der Waals surface area contributed by atoms with Crippen LogP contribution in [-0.4, -0.2) is 19.6 Å². The Kier molecular flexibility index (Phi) is 5.33. The van der Waals surface area contributed by atoms with Gasteiger partial charge in [0.2, 0.25) is 5.91 Å². The van der Waals surface area contributed by atoms with E-state index in [1.807, 2.05) is 41.8 Å². The second-order valence-electron chi connectivity index (χ2n) is 5.46. The van der Waals surface area contributed by atoms with Gasteiger partial charge in [-0.1, -0.05) is 12.1 Å². The topological polar surface area (TPSA) is 51.5 Å². The van der Waals surface area contributed by atoms with E-state index in [1.165, 1.54) is 0 Å². The molecule has 1 N–H and O–H groups in total. The van der Waals surface area contributed by atoms with Crippen molar-refractivity contribution in [2.45, 2.75) is 12.3 Å². The second kappa shape index (κ2) is 7.84. The largest absolute Gasteiger partial charge is 0.497 e. The summed E-state index contributed by atoms with van der Waals surface area (Å²) in [6.45, 7) is 0.507. The molecule has 0 bridgehead atoms. The van der Waals surface area contributed by atoms with Gasteiger partial charge < -0.3 is 14.5 Å². The molecule has 3 rings (SSSR count). The predicted molar refractivity (Wildman–Crippen MR) is 94.6 cm³/mol. The molecule has 24 heavy (non-hydrogen) atoms. The Bertz CT molecular complexity index is 732. The first-order valence-electron chi connectivity index (χ1n) is 7.71. The summed E-state index contributed by atoms with van der Waals surface area (Å²) in [4.78, 5) is 12.3. The lowest BCUT2D eigenvalue weighted by molar-refractivity contribution is -0.120. The van der Waals surface area contributed by atoms with Gasteiger partial charge in [0.25, 0.3) is 0 Å². The molecule has 0 radical (unpaired) electrons. The number of carbonyl (C=O) groups excluding carboxylic acids is 1. The summed E-state index contributed by atoms with van der Waals surface area (Å²) in [5.41, 5.74) is 2.08. The first-order valence-corrected chi connectivity index (χ1v) is 8.65. The Morgan fingerprint density at radius 1 is 1.29 bits per heavy atom. The maximum absolute atomic E-state index is 12.3. The number of methoxy groups -OCH3 is 1. The number of nitrogens with one attached hydrogen (secondary N) is 1. The third-order valence-corrected chi connectivity index (χ3v) is 4.54. The molecule has 0 aliphatic heterocycles. The summed E-state index contributed by atoms with van der Waals surface area (Å²) in [6.07, 6.45) is 1.98. The molecule has 1 atom stereocenters. The molecule has 0 spiro atoms. The first kappa shape index (κ1) is 16.3. The number of furan rings is 1. The van der Waals surface area contributed by atoms with Crippen molar-refractivity contribution in [1.82, 2.24) is 5.32 Å². The molecule has 0 saturated heterocycles. The van der Waals surface area contributed by atoms with E-state index >= 15 is 0 Å². The van der Waals surface area contributed by atoms with Gasteiger partial charge in [0, 0.05) is 6.54 Å². The van der Waals surface area contributed by atoms with Crippen LogP contribution in [0.5, 0.6) is 5.75 Å². The Morgan fingerprint density at radius 3 is 2.92 bits per heavy atom. The highest BCUT2D eigenvalue weighted by atomic mass is 32.1. The van der Waals surface area contributed by atoms with Crippen molar-refractivity contribution in [3.63, 3.8) is 0 Å². The van der Waals surface area contributed by atoms with E-state index in [0.29, 0.717) is 13.0 Å². The summed E-state index contributed by atoms with van der Waals surface area (Å²) in [5, 5.41) is 7.13. The van der Waals surface area contributed by atoms with Crippen LogP contribution in [-0.2, 0) is 11.2 Å². The maximum Gasteiger partial charge on any atom is 0.224 e. The molecule has 4 nitrogen and oxygen atoms in total. The number of amides is 1.